The summed E-state index contributed by atoms with van der Waals surface area (Å²) in [6.07, 6.45) is 5.69. The average Bonchev–Trinajstić information content (AvgIpc) is 2.48. The lowest BCUT2D eigenvalue weighted by atomic mass is 9.89. The van der Waals surface area contributed by atoms with E-state index in [1.54, 1.807) is 0 Å². The predicted molar refractivity (Wildman–Crippen MR) is 40.4 cm³/mol. The van der Waals surface area contributed by atoms with Crippen molar-refractivity contribution in [2.45, 2.75) is 25.7 Å². The van der Waals surface area contributed by atoms with E-state index in [0.29, 0.717) is 0 Å². The molecule has 1 nitrogen and oxygen atoms in total. The molecule has 3 atom stereocenters. The van der Waals surface area contributed by atoms with Gasteiger partial charge in [0.25, 0.3) is 0 Å². The molecule has 2 aliphatic carbocycles. The SMILES string of the molecule is [C-]#[N+]CC1CC2CCC1C2. The van der Waals surface area contributed by atoms with Gasteiger partial charge in [0, 0.05) is 5.92 Å². The van der Waals surface area contributed by atoms with Crippen LogP contribution in [0.5, 0.6) is 0 Å². The molecule has 0 amide bonds. The van der Waals surface area contributed by atoms with E-state index in [4.69, 9.17) is 6.57 Å². The number of fused-ring (bicyclic) bond motifs is 2. The zero-order valence-electron chi connectivity index (χ0n) is 6.21. The van der Waals surface area contributed by atoms with Gasteiger partial charge < -0.3 is 4.85 Å². The standard InChI is InChI=1S/C9H13N/c1-10-6-9-5-7-2-3-8(9)4-7/h7-9H,2-6H2. The Bertz CT molecular complexity index is 168. The third-order valence-corrected chi connectivity index (χ3v) is 3.21. The minimum Gasteiger partial charge on any atom is -0.317 e. The van der Waals surface area contributed by atoms with Crippen LogP contribution >= 0.6 is 0 Å². The Hall–Kier alpha value is -0.510. The van der Waals surface area contributed by atoms with Gasteiger partial charge in [-0.3, -0.25) is 0 Å². The van der Waals surface area contributed by atoms with Gasteiger partial charge in [-0.05, 0) is 31.1 Å². The van der Waals surface area contributed by atoms with Crippen LogP contribution in [0, 0.1) is 24.3 Å². The van der Waals surface area contributed by atoms with Gasteiger partial charge in [0.1, 0.15) is 0 Å². The van der Waals surface area contributed by atoms with E-state index in [9.17, 15) is 0 Å². The van der Waals surface area contributed by atoms with Crippen molar-refractivity contribution in [1.82, 2.24) is 0 Å². The number of hydrogen-bond acceptors (Lipinski definition) is 0. The summed E-state index contributed by atoms with van der Waals surface area (Å²) < 4.78 is 0. The molecule has 0 aliphatic heterocycles. The van der Waals surface area contributed by atoms with Crippen LogP contribution in [0.3, 0.4) is 0 Å². The van der Waals surface area contributed by atoms with Crippen molar-refractivity contribution in [3.05, 3.63) is 11.4 Å². The summed E-state index contributed by atoms with van der Waals surface area (Å²) in [5.41, 5.74) is 0. The van der Waals surface area contributed by atoms with Crippen molar-refractivity contribution in [3.8, 4) is 0 Å². The van der Waals surface area contributed by atoms with Gasteiger partial charge in [-0.2, -0.15) is 0 Å². The molecule has 0 heterocycles. The largest absolute Gasteiger partial charge is 0.317 e. The van der Waals surface area contributed by atoms with E-state index in [1.165, 1.54) is 25.7 Å². The fourth-order valence-electron chi connectivity index (χ4n) is 2.72. The normalized spacial score (nSPS) is 43.7. The van der Waals surface area contributed by atoms with Crippen LogP contribution in [0.2, 0.25) is 0 Å². The van der Waals surface area contributed by atoms with E-state index in [2.05, 4.69) is 4.85 Å². The highest BCUT2D eigenvalue weighted by Crippen LogP contribution is 2.48. The van der Waals surface area contributed by atoms with Crippen LogP contribution in [0.25, 0.3) is 4.85 Å². The highest BCUT2D eigenvalue weighted by molar-refractivity contribution is 4.92. The monoisotopic (exact) mass is 135 g/mol. The molecule has 2 bridgehead atoms. The zero-order valence-corrected chi connectivity index (χ0v) is 6.21. The summed E-state index contributed by atoms with van der Waals surface area (Å²) in [4.78, 5) is 3.49. The van der Waals surface area contributed by atoms with Crippen LogP contribution < -0.4 is 0 Å². The third kappa shape index (κ3) is 0.831. The molecular weight excluding hydrogens is 122 g/mol. The summed E-state index contributed by atoms with van der Waals surface area (Å²) in [5.74, 6) is 2.74. The lowest BCUT2D eigenvalue weighted by molar-refractivity contribution is 0.354. The highest BCUT2D eigenvalue weighted by atomic mass is 14.7. The van der Waals surface area contributed by atoms with E-state index >= 15 is 0 Å². The first-order valence-corrected chi connectivity index (χ1v) is 4.23. The summed E-state index contributed by atoms with van der Waals surface area (Å²) >= 11 is 0. The molecule has 3 unspecified atom stereocenters. The van der Waals surface area contributed by atoms with E-state index in [-0.39, 0.29) is 0 Å². The first kappa shape index (κ1) is 6.22. The molecule has 54 valence electrons. The number of nitrogens with zero attached hydrogens (tertiary/aromatic N) is 1. The van der Waals surface area contributed by atoms with Crippen molar-refractivity contribution in [2.24, 2.45) is 17.8 Å². The molecule has 0 aromatic heterocycles. The summed E-state index contributed by atoms with van der Waals surface area (Å²) in [7, 11) is 0. The van der Waals surface area contributed by atoms with Gasteiger partial charge in [0.05, 0.1) is 0 Å². The molecule has 2 saturated carbocycles. The molecule has 2 rings (SSSR count). The van der Waals surface area contributed by atoms with Gasteiger partial charge in [-0.1, -0.05) is 6.42 Å². The molecule has 0 radical (unpaired) electrons. The van der Waals surface area contributed by atoms with Gasteiger partial charge in [0.15, 0.2) is 0 Å². The maximum Gasteiger partial charge on any atom is 0.217 e. The van der Waals surface area contributed by atoms with Crippen LogP contribution in [0.1, 0.15) is 25.7 Å². The first-order chi connectivity index (χ1) is 4.90. The topological polar surface area (TPSA) is 4.36 Å². The predicted octanol–water partition coefficient (Wildman–Crippen LogP) is 2.34. The Morgan fingerprint density at radius 3 is 2.70 bits per heavy atom. The summed E-state index contributed by atoms with van der Waals surface area (Å²) in [5, 5.41) is 0. The van der Waals surface area contributed by atoms with Crippen LogP contribution in [-0.4, -0.2) is 6.54 Å². The van der Waals surface area contributed by atoms with Crippen molar-refractivity contribution >= 4 is 0 Å². The minimum atomic E-state index is 0.788. The van der Waals surface area contributed by atoms with Gasteiger partial charge in [-0.25, -0.2) is 6.57 Å². The van der Waals surface area contributed by atoms with Gasteiger partial charge in [-0.15, -0.1) is 0 Å². The fourth-order valence-corrected chi connectivity index (χ4v) is 2.72. The molecule has 0 aromatic rings. The summed E-state index contributed by atoms with van der Waals surface area (Å²) in [6, 6.07) is 0. The zero-order chi connectivity index (χ0) is 6.97. The Morgan fingerprint density at radius 1 is 1.30 bits per heavy atom. The lowest BCUT2D eigenvalue weighted by Gasteiger charge is -2.15. The van der Waals surface area contributed by atoms with Crippen molar-refractivity contribution in [3.63, 3.8) is 0 Å². The lowest BCUT2D eigenvalue weighted by Crippen LogP contribution is -2.12. The first-order valence-electron chi connectivity index (χ1n) is 4.23. The Morgan fingerprint density at radius 2 is 2.20 bits per heavy atom. The molecule has 0 saturated heterocycles. The second-order valence-corrected chi connectivity index (χ2v) is 3.78. The maximum absolute atomic E-state index is 6.77. The number of hydrogen-bond donors (Lipinski definition) is 0. The van der Waals surface area contributed by atoms with E-state index < -0.39 is 0 Å². The second kappa shape index (κ2) is 2.27. The molecular formula is C9H13N. The van der Waals surface area contributed by atoms with Crippen LogP contribution in [0.4, 0.5) is 0 Å². The van der Waals surface area contributed by atoms with Crippen molar-refractivity contribution < 1.29 is 0 Å². The van der Waals surface area contributed by atoms with Crippen LogP contribution in [-0.2, 0) is 0 Å². The average molecular weight is 135 g/mol. The van der Waals surface area contributed by atoms with Crippen LogP contribution in [0.15, 0.2) is 0 Å². The van der Waals surface area contributed by atoms with Crippen molar-refractivity contribution in [1.29, 1.82) is 0 Å². The molecule has 0 N–H and O–H groups in total. The summed E-state index contributed by atoms with van der Waals surface area (Å²) in [6.45, 7) is 7.58. The molecule has 2 fully saturated rings. The quantitative estimate of drug-likeness (QED) is 0.486. The molecule has 0 spiro atoms. The molecule has 10 heavy (non-hydrogen) atoms. The molecule has 2 aliphatic rings. The molecule has 0 aromatic carbocycles. The Labute approximate surface area is 62.2 Å². The van der Waals surface area contributed by atoms with E-state index in [1.807, 2.05) is 0 Å². The Kier molecular flexibility index (Phi) is 1.41. The Balaban J connectivity index is 1.97. The fraction of sp³-hybridized carbons (Fsp3) is 0.889. The molecule has 1 heteroatoms. The minimum absolute atomic E-state index is 0.788. The van der Waals surface area contributed by atoms with Gasteiger partial charge >= 0.3 is 0 Å². The second-order valence-electron chi connectivity index (χ2n) is 3.78. The highest BCUT2D eigenvalue weighted by Gasteiger charge is 2.40. The number of rotatable bonds is 1. The third-order valence-electron chi connectivity index (χ3n) is 3.21. The van der Waals surface area contributed by atoms with Gasteiger partial charge in [0.2, 0.25) is 6.54 Å². The van der Waals surface area contributed by atoms with Crippen molar-refractivity contribution in [2.75, 3.05) is 6.54 Å². The maximum atomic E-state index is 6.77. The smallest absolute Gasteiger partial charge is 0.217 e. The van der Waals surface area contributed by atoms with E-state index in [0.717, 1.165) is 24.3 Å².